The molecule has 2 rings (SSSR count). The van der Waals surface area contributed by atoms with Crippen LogP contribution in [0.4, 0.5) is 0 Å². The van der Waals surface area contributed by atoms with E-state index in [4.69, 9.17) is 5.73 Å². The second kappa shape index (κ2) is 7.05. The van der Waals surface area contributed by atoms with Crippen LogP contribution in [-0.4, -0.2) is 56.6 Å². The Kier molecular flexibility index (Phi) is 5.37. The minimum Gasteiger partial charge on any atom is -0.320 e. The van der Waals surface area contributed by atoms with Crippen molar-refractivity contribution in [2.75, 3.05) is 39.0 Å². The van der Waals surface area contributed by atoms with Gasteiger partial charge >= 0.3 is 0 Å². The van der Waals surface area contributed by atoms with E-state index < -0.39 is 10.0 Å². The SMILES string of the molecule is CS(=O)(=O)N1CCN(Cc2cccc(C#CCN)c2)CC1. The van der Waals surface area contributed by atoms with Gasteiger partial charge in [0.05, 0.1) is 12.8 Å². The minimum absolute atomic E-state index is 0.359. The van der Waals surface area contributed by atoms with E-state index in [9.17, 15) is 8.42 Å². The van der Waals surface area contributed by atoms with Crippen LogP contribution >= 0.6 is 0 Å². The molecule has 0 bridgehead atoms. The fraction of sp³-hybridized carbons (Fsp3) is 0.467. The highest BCUT2D eigenvalue weighted by molar-refractivity contribution is 7.88. The summed E-state index contributed by atoms with van der Waals surface area (Å²) in [5.41, 5.74) is 7.53. The van der Waals surface area contributed by atoms with E-state index in [0.29, 0.717) is 19.6 Å². The van der Waals surface area contributed by atoms with E-state index in [0.717, 1.165) is 25.2 Å². The maximum Gasteiger partial charge on any atom is 0.211 e. The number of hydrogen-bond acceptors (Lipinski definition) is 4. The maximum atomic E-state index is 11.5. The van der Waals surface area contributed by atoms with Gasteiger partial charge in [0, 0.05) is 38.3 Å². The molecule has 1 aliphatic rings. The molecule has 1 fully saturated rings. The van der Waals surface area contributed by atoms with E-state index in [1.165, 1.54) is 16.1 Å². The molecule has 5 nitrogen and oxygen atoms in total. The third kappa shape index (κ3) is 4.83. The molecule has 21 heavy (non-hydrogen) atoms. The molecule has 0 atom stereocenters. The Morgan fingerprint density at radius 3 is 2.57 bits per heavy atom. The summed E-state index contributed by atoms with van der Waals surface area (Å²) in [6.45, 7) is 3.81. The molecule has 0 amide bonds. The highest BCUT2D eigenvalue weighted by atomic mass is 32.2. The Balaban J connectivity index is 1.95. The van der Waals surface area contributed by atoms with Crippen molar-refractivity contribution < 1.29 is 8.42 Å². The van der Waals surface area contributed by atoms with E-state index >= 15 is 0 Å². The van der Waals surface area contributed by atoms with Crippen molar-refractivity contribution in [2.24, 2.45) is 5.73 Å². The average Bonchev–Trinajstić information content (AvgIpc) is 2.45. The Hall–Kier alpha value is -1.39. The zero-order valence-corrected chi connectivity index (χ0v) is 13.1. The van der Waals surface area contributed by atoms with Crippen molar-refractivity contribution in [3.63, 3.8) is 0 Å². The highest BCUT2D eigenvalue weighted by Gasteiger charge is 2.23. The number of hydrogen-bond donors (Lipinski definition) is 1. The standard InChI is InChI=1S/C15H21N3O2S/c1-21(19,20)18-10-8-17(9-11-18)13-15-5-2-4-14(12-15)6-3-7-16/h2,4-5,12H,7-11,13,16H2,1H3. The highest BCUT2D eigenvalue weighted by Crippen LogP contribution is 2.11. The van der Waals surface area contributed by atoms with Crippen LogP contribution < -0.4 is 5.73 Å². The summed E-state index contributed by atoms with van der Waals surface area (Å²) in [6, 6.07) is 8.08. The van der Waals surface area contributed by atoms with Crippen molar-refractivity contribution in [1.29, 1.82) is 0 Å². The largest absolute Gasteiger partial charge is 0.320 e. The molecule has 0 unspecified atom stereocenters. The number of nitrogens with zero attached hydrogens (tertiary/aromatic N) is 2. The summed E-state index contributed by atoms with van der Waals surface area (Å²) in [4.78, 5) is 2.26. The summed E-state index contributed by atoms with van der Waals surface area (Å²) in [7, 11) is -3.06. The van der Waals surface area contributed by atoms with E-state index in [1.54, 1.807) is 0 Å². The first kappa shape index (κ1) is 16.0. The Labute approximate surface area is 126 Å². The molecule has 1 aliphatic heterocycles. The van der Waals surface area contributed by atoms with E-state index in [1.807, 2.05) is 12.1 Å². The Morgan fingerprint density at radius 2 is 1.95 bits per heavy atom. The molecular weight excluding hydrogens is 286 g/mol. The first-order valence-electron chi connectivity index (χ1n) is 6.94. The number of nitrogens with two attached hydrogens (primary N) is 1. The molecule has 6 heteroatoms. The first-order chi connectivity index (χ1) is 9.99. The predicted molar refractivity (Wildman–Crippen MR) is 84.1 cm³/mol. The maximum absolute atomic E-state index is 11.5. The van der Waals surface area contributed by atoms with Crippen LogP contribution in [0.5, 0.6) is 0 Å². The molecule has 114 valence electrons. The fourth-order valence-corrected chi connectivity index (χ4v) is 3.20. The van der Waals surface area contributed by atoms with E-state index in [2.05, 4.69) is 28.9 Å². The molecule has 0 aromatic heterocycles. The van der Waals surface area contributed by atoms with Crippen molar-refractivity contribution in [1.82, 2.24) is 9.21 Å². The second-order valence-electron chi connectivity index (χ2n) is 5.14. The third-order valence-electron chi connectivity index (χ3n) is 3.47. The van der Waals surface area contributed by atoms with Gasteiger partial charge in [-0.3, -0.25) is 4.90 Å². The normalized spacial score (nSPS) is 17.2. The molecule has 0 radical (unpaired) electrons. The first-order valence-corrected chi connectivity index (χ1v) is 8.79. The van der Waals surface area contributed by atoms with Crippen molar-refractivity contribution in [3.05, 3.63) is 35.4 Å². The number of rotatable bonds is 3. The molecule has 2 N–H and O–H groups in total. The Morgan fingerprint density at radius 1 is 1.24 bits per heavy atom. The molecule has 0 saturated carbocycles. The van der Waals surface area contributed by atoms with Gasteiger partial charge in [-0.15, -0.1) is 0 Å². The van der Waals surface area contributed by atoms with Crippen LogP contribution in [0.3, 0.4) is 0 Å². The summed E-state index contributed by atoms with van der Waals surface area (Å²) in [5.74, 6) is 5.88. The minimum atomic E-state index is -3.06. The lowest BCUT2D eigenvalue weighted by Gasteiger charge is -2.33. The quantitative estimate of drug-likeness (QED) is 0.803. The molecule has 1 saturated heterocycles. The van der Waals surface area contributed by atoms with Gasteiger partial charge in [-0.05, 0) is 17.7 Å². The van der Waals surface area contributed by atoms with E-state index in [-0.39, 0.29) is 0 Å². The van der Waals surface area contributed by atoms with Crippen LogP contribution in [0.15, 0.2) is 24.3 Å². The van der Waals surface area contributed by atoms with Gasteiger partial charge in [0.15, 0.2) is 0 Å². The van der Waals surface area contributed by atoms with Crippen LogP contribution in [0.2, 0.25) is 0 Å². The van der Waals surface area contributed by atoms with Crippen molar-refractivity contribution >= 4 is 10.0 Å². The molecule has 1 aromatic carbocycles. The zero-order valence-electron chi connectivity index (χ0n) is 12.2. The van der Waals surface area contributed by atoms with Crippen LogP contribution in [0.1, 0.15) is 11.1 Å². The topological polar surface area (TPSA) is 66.6 Å². The zero-order chi connectivity index (χ0) is 15.3. The Bertz CT molecular complexity index is 638. The summed E-state index contributed by atoms with van der Waals surface area (Å²) in [6.07, 6.45) is 1.27. The van der Waals surface area contributed by atoms with Gasteiger partial charge in [-0.2, -0.15) is 4.31 Å². The average molecular weight is 307 g/mol. The fourth-order valence-electron chi connectivity index (χ4n) is 2.38. The van der Waals surface area contributed by atoms with Gasteiger partial charge in [0.2, 0.25) is 10.0 Å². The monoisotopic (exact) mass is 307 g/mol. The van der Waals surface area contributed by atoms with Crippen LogP contribution in [-0.2, 0) is 16.6 Å². The second-order valence-corrected chi connectivity index (χ2v) is 7.13. The van der Waals surface area contributed by atoms with Gasteiger partial charge in [-0.1, -0.05) is 24.0 Å². The molecule has 1 aromatic rings. The third-order valence-corrected chi connectivity index (χ3v) is 4.77. The smallest absolute Gasteiger partial charge is 0.211 e. The summed E-state index contributed by atoms with van der Waals surface area (Å²) in [5, 5.41) is 0. The van der Waals surface area contributed by atoms with Crippen molar-refractivity contribution in [2.45, 2.75) is 6.54 Å². The number of sulfonamides is 1. The summed E-state index contributed by atoms with van der Waals surface area (Å²) < 4.78 is 24.5. The van der Waals surface area contributed by atoms with Crippen molar-refractivity contribution in [3.8, 4) is 11.8 Å². The van der Waals surface area contributed by atoms with Crippen LogP contribution in [0.25, 0.3) is 0 Å². The number of benzene rings is 1. The van der Waals surface area contributed by atoms with Gasteiger partial charge in [0.1, 0.15) is 0 Å². The van der Waals surface area contributed by atoms with Gasteiger partial charge in [0.25, 0.3) is 0 Å². The predicted octanol–water partition coefficient (Wildman–Crippen LogP) is 0.0740. The lowest BCUT2D eigenvalue weighted by atomic mass is 10.1. The molecule has 0 aliphatic carbocycles. The lowest BCUT2D eigenvalue weighted by Crippen LogP contribution is -2.47. The molecule has 1 heterocycles. The lowest BCUT2D eigenvalue weighted by molar-refractivity contribution is 0.182. The van der Waals surface area contributed by atoms with Crippen LogP contribution in [0, 0.1) is 11.8 Å². The molecule has 0 spiro atoms. The summed E-state index contributed by atoms with van der Waals surface area (Å²) >= 11 is 0. The van der Waals surface area contributed by atoms with Gasteiger partial charge < -0.3 is 5.73 Å². The molecular formula is C15H21N3O2S. The van der Waals surface area contributed by atoms with Gasteiger partial charge in [-0.25, -0.2) is 8.42 Å². The number of piperazine rings is 1.